The minimum atomic E-state index is -1.43. The Morgan fingerprint density at radius 2 is 0.833 bits per heavy atom. The van der Waals surface area contributed by atoms with Crippen molar-refractivity contribution < 1.29 is 66.5 Å². The van der Waals surface area contributed by atoms with Crippen LogP contribution in [0.2, 0.25) is 0 Å². The highest BCUT2D eigenvalue weighted by molar-refractivity contribution is 5.89. The highest BCUT2D eigenvalue weighted by atomic mass is 16.8. The quantitative estimate of drug-likeness (QED) is 0.0563. The number of esters is 3. The maximum atomic E-state index is 14.1. The average molecular weight is 979 g/mol. The minimum Gasteiger partial charge on any atom is -0.456 e. The van der Waals surface area contributed by atoms with Crippen molar-refractivity contribution in [3.63, 3.8) is 0 Å². The molecule has 2 bridgehead atoms. The van der Waals surface area contributed by atoms with E-state index in [9.17, 15) is 14.4 Å². The van der Waals surface area contributed by atoms with E-state index in [4.69, 9.17) is 52.1 Å². The van der Waals surface area contributed by atoms with Crippen molar-refractivity contribution in [2.75, 3.05) is 13.2 Å². The molecule has 3 aliphatic rings. The molecule has 10 atom stereocenters. The molecule has 72 heavy (non-hydrogen) atoms. The van der Waals surface area contributed by atoms with Crippen LogP contribution in [0.5, 0.6) is 0 Å². The van der Waals surface area contributed by atoms with E-state index in [1.807, 2.05) is 152 Å². The maximum absolute atomic E-state index is 14.1. The second-order valence-electron chi connectivity index (χ2n) is 17.7. The molecule has 0 N–H and O–H groups in total. The van der Waals surface area contributed by atoms with Crippen LogP contribution in [0.25, 0.3) is 0 Å². The molecule has 0 spiro atoms. The zero-order valence-corrected chi connectivity index (χ0v) is 39.7. The van der Waals surface area contributed by atoms with E-state index in [2.05, 4.69) is 0 Å². The highest BCUT2D eigenvalue weighted by Gasteiger charge is 2.57. The molecule has 3 fully saturated rings. The first-order valence-corrected chi connectivity index (χ1v) is 24.2. The van der Waals surface area contributed by atoms with Crippen molar-refractivity contribution in [2.24, 2.45) is 0 Å². The third-order valence-electron chi connectivity index (χ3n) is 12.4. The summed E-state index contributed by atoms with van der Waals surface area (Å²) in [6, 6.07) is 56.2. The van der Waals surface area contributed by atoms with E-state index in [1.54, 1.807) is 30.3 Å². The molecule has 0 saturated carbocycles. The Morgan fingerprint density at radius 3 is 1.33 bits per heavy atom. The Labute approximate surface area is 418 Å². The van der Waals surface area contributed by atoms with Gasteiger partial charge in [0, 0.05) is 0 Å². The Kier molecular flexibility index (Phi) is 18.0. The molecule has 0 radical (unpaired) electrons. The Bertz CT molecular complexity index is 2570. The van der Waals surface area contributed by atoms with Crippen LogP contribution in [0, 0.1) is 0 Å². The van der Waals surface area contributed by atoms with Crippen molar-refractivity contribution in [1.29, 1.82) is 0 Å². The van der Waals surface area contributed by atoms with Gasteiger partial charge >= 0.3 is 17.9 Å². The van der Waals surface area contributed by atoms with Gasteiger partial charge in [-0.3, -0.25) is 9.59 Å². The number of rotatable bonds is 19. The lowest BCUT2D eigenvalue weighted by Crippen LogP contribution is -2.67. The summed E-state index contributed by atoms with van der Waals surface area (Å²) in [4.78, 5) is 42.4. The number of hydrogen-bond donors (Lipinski definition) is 0. The summed E-state index contributed by atoms with van der Waals surface area (Å²) in [6.45, 7) is 0.526. The molecule has 14 heteroatoms. The summed E-state index contributed by atoms with van der Waals surface area (Å²) in [5.74, 6) is -2.23. The molecule has 6 aromatic carbocycles. The fourth-order valence-electron chi connectivity index (χ4n) is 8.77. The first kappa shape index (κ1) is 50.4. The van der Waals surface area contributed by atoms with Gasteiger partial charge in [-0.15, -0.1) is 0 Å². The summed E-state index contributed by atoms with van der Waals surface area (Å²) >= 11 is 0. The standard InChI is InChI=1S/C58H58O14/c59-48-31-32-49(60)70-53-51(47(39-63-34-41-21-9-2-10-22-41)67-57(66-37-44-27-15-5-16-28-44)55(53)71-56(61)45-29-17-6-18-30-45)72-58-54(65-36-43-25-13-4-14-26-43)52(69-48)50(64-35-42-23-11-3-12-24-42)46(68-58)38-62-33-40-19-7-1-8-20-40/h1-30,46-47,50-55,57-58H,31-39H2/t46-,47-,50-,51-,52+,53+,54+,55-,57+,58+/m1/s1. The molecule has 0 amide bonds. The zero-order chi connectivity index (χ0) is 49.3. The van der Waals surface area contributed by atoms with Gasteiger partial charge in [-0.2, -0.15) is 0 Å². The number of fused-ring (bicyclic) bond motifs is 3. The van der Waals surface area contributed by atoms with Crippen LogP contribution in [0.1, 0.15) is 51.0 Å². The molecule has 14 nitrogen and oxygen atoms in total. The van der Waals surface area contributed by atoms with Gasteiger partial charge in [-0.05, 0) is 39.9 Å². The summed E-state index contributed by atoms with van der Waals surface area (Å²) < 4.78 is 72.7. The molecule has 3 aliphatic heterocycles. The second-order valence-corrected chi connectivity index (χ2v) is 17.7. The van der Waals surface area contributed by atoms with Crippen molar-refractivity contribution in [3.8, 4) is 0 Å². The fourth-order valence-corrected chi connectivity index (χ4v) is 8.77. The van der Waals surface area contributed by atoms with E-state index >= 15 is 0 Å². The van der Waals surface area contributed by atoms with Gasteiger partial charge in [0.1, 0.15) is 30.5 Å². The minimum absolute atomic E-state index is 0.0242. The van der Waals surface area contributed by atoms with E-state index in [-0.39, 0.29) is 58.2 Å². The molecular weight excluding hydrogens is 921 g/mol. The van der Waals surface area contributed by atoms with Crippen molar-refractivity contribution >= 4 is 17.9 Å². The molecule has 6 aromatic rings. The number of carbonyl (C=O) groups excluding carboxylic acids is 3. The molecule has 374 valence electrons. The summed E-state index contributed by atoms with van der Waals surface area (Å²) in [5.41, 5.74) is 4.56. The van der Waals surface area contributed by atoms with Gasteiger partial charge in [0.2, 0.25) is 0 Å². The van der Waals surface area contributed by atoms with Gasteiger partial charge < -0.3 is 52.1 Å². The molecule has 0 unspecified atom stereocenters. The monoisotopic (exact) mass is 978 g/mol. The van der Waals surface area contributed by atoms with Gasteiger partial charge in [-0.25, -0.2) is 4.79 Å². The van der Waals surface area contributed by atoms with Gasteiger partial charge in [0.15, 0.2) is 30.9 Å². The smallest absolute Gasteiger partial charge is 0.338 e. The van der Waals surface area contributed by atoms with Crippen molar-refractivity contribution in [3.05, 3.63) is 215 Å². The lowest BCUT2D eigenvalue weighted by atomic mass is 9.95. The zero-order valence-electron chi connectivity index (χ0n) is 39.7. The Balaban J connectivity index is 1.12. The highest BCUT2D eigenvalue weighted by Crippen LogP contribution is 2.37. The van der Waals surface area contributed by atoms with Gasteiger partial charge in [0.05, 0.1) is 64.7 Å². The van der Waals surface area contributed by atoms with Gasteiger partial charge in [-0.1, -0.05) is 170 Å². The largest absolute Gasteiger partial charge is 0.456 e. The number of ether oxygens (including phenoxy) is 11. The molecule has 3 heterocycles. The average Bonchev–Trinajstić information content (AvgIpc) is 3.42. The normalized spacial score (nSPS) is 25.4. The van der Waals surface area contributed by atoms with E-state index in [1.165, 1.54) is 0 Å². The van der Waals surface area contributed by atoms with Crippen LogP contribution in [-0.4, -0.2) is 92.5 Å². The predicted octanol–water partition coefficient (Wildman–Crippen LogP) is 8.49. The van der Waals surface area contributed by atoms with E-state index in [0.29, 0.717) is 0 Å². The van der Waals surface area contributed by atoms with Crippen LogP contribution in [0.15, 0.2) is 182 Å². The number of carbonyl (C=O) groups is 3. The van der Waals surface area contributed by atoms with Crippen LogP contribution in [0.4, 0.5) is 0 Å². The third-order valence-corrected chi connectivity index (χ3v) is 12.4. The Morgan fingerprint density at radius 1 is 0.417 bits per heavy atom. The lowest BCUT2D eigenvalue weighted by Gasteiger charge is -2.49. The molecule has 9 rings (SSSR count). The van der Waals surface area contributed by atoms with Crippen LogP contribution >= 0.6 is 0 Å². The lowest BCUT2D eigenvalue weighted by molar-refractivity contribution is -0.369. The summed E-state index contributed by atoms with van der Waals surface area (Å²) in [7, 11) is 0. The first-order valence-electron chi connectivity index (χ1n) is 24.2. The van der Waals surface area contributed by atoms with Crippen LogP contribution < -0.4 is 0 Å². The topological polar surface area (TPSA) is 153 Å². The van der Waals surface area contributed by atoms with Gasteiger partial charge in [0.25, 0.3) is 0 Å². The molecule has 0 aliphatic carbocycles. The predicted molar refractivity (Wildman–Crippen MR) is 260 cm³/mol. The van der Waals surface area contributed by atoms with Crippen molar-refractivity contribution in [1.82, 2.24) is 0 Å². The van der Waals surface area contributed by atoms with Crippen molar-refractivity contribution in [2.45, 2.75) is 107 Å². The SMILES string of the molecule is O=C1CCC(=O)O[C@@H]2[C@@H](OC(=O)c3ccccc3)[C@@H](OCc3ccccc3)O[C@H](COCc3ccccc3)[C@H]2O[C@@H]2O[C@H](COCc3ccccc3)[C@@H](OCc3ccccc3)[C@H](O1)[C@@H]2OCc1ccccc1. The maximum Gasteiger partial charge on any atom is 0.338 e. The summed E-state index contributed by atoms with van der Waals surface area (Å²) in [5, 5.41) is 0. The van der Waals surface area contributed by atoms with Crippen LogP contribution in [-0.2, 0) is 94.7 Å². The number of benzene rings is 6. The second kappa shape index (κ2) is 25.7. The molecule has 3 saturated heterocycles. The van der Waals surface area contributed by atoms with Crippen LogP contribution in [0.3, 0.4) is 0 Å². The van der Waals surface area contributed by atoms with E-state index in [0.717, 1.165) is 27.8 Å². The van der Waals surface area contributed by atoms with E-state index < -0.39 is 85.7 Å². The third kappa shape index (κ3) is 13.9. The fraction of sp³-hybridized carbons (Fsp3) is 0.328. The number of hydrogen-bond acceptors (Lipinski definition) is 14. The molecular formula is C58H58O14. The first-order chi connectivity index (χ1) is 35.4. The Hall–Kier alpha value is -6.59. The molecule has 0 aromatic heterocycles. The summed E-state index contributed by atoms with van der Waals surface area (Å²) in [6.07, 6.45) is -12.9.